The first-order chi connectivity index (χ1) is 8.72. The molecule has 1 aliphatic rings. The summed E-state index contributed by atoms with van der Waals surface area (Å²) < 4.78 is 0. The zero-order valence-corrected chi connectivity index (χ0v) is 12.8. The van der Waals surface area contributed by atoms with Gasteiger partial charge in [0.25, 0.3) is 0 Å². The largest absolute Gasteiger partial charge is 0.316 e. The van der Waals surface area contributed by atoms with Gasteiger partial charge in [-0.3, -0.25) is 0 Å². The van der Waals surface area contributed by atoms with Crippen LogP contribution < -0.4 is 5.32 Å². The van der Waals surface area contributed by atoms with E-state index in [2.05, 4.69) is 32.2 Å². The van der Waals surface area contributed by atoms with Crippen molar-refractivity contribution < 1.29 is 0 Å². The van der Waals surface area contributed by atoms with Crippen LogP contribution in [-0.4, -0.2) is 13.1 Å². The van der Waals surface area contributed by atoms with Gasteiger partial charge < -0.3 is 5.32 Å². The molecule has 1 aliphatic carbocycles. The lowest BCUT2D eigenvalue weighted by molar-refractivity contribution is 0.379. The van der Waals surface area contributed by atoms with Crippen molar-refractivity contribution in [3.8, 4) is 0 Å². The highest BCUT2D eigenvalue weighted by Gasteiger charge is 2.17. The van der Waals surface area contributed by atoms with Crippen molar-refractivity contribution >= 4 is 0 Å². The molecule has 0 saturated heterocycles. The quantitative estimate of drug-likeness (QED) is 0.452. The van der Waals surface area contributed by atoms with E-state index in [4.69, 9.17) is 0 Å². The highest BCUT2D eigenvalue weighted by molar-refractivity contribution is 5.06. The average molecular weight is 251 g/mol. The molecule has 2 unspecified atom stereocenters. The summed E-state index contributed by atoms with van der Waals surface area (Å²) in [5, 5.41) is 3.66. The molecule has 0 spiro atoms. The molecular formula is C17H33N. The van der Waals surface area contributed by atoms with Gasteiger partial charge in [0.05, 0.1) is 0 Å². The smallest absolute Gasteiger partial charge is 0.00172 e. The zero-order chi connectivity index (χ0) is 13.2. The minimum atomic E-state index is 0.791. The summed E-state index contributed by atoms with van der Waals surface area (Å²) in [6.45, 7) is 9.37. The molecule has 0 radical (unpaired) electrons. The Morgan fingerprint density at radius 1 is 1.17 bits per heavy atom. The highest BCUT2D eigenvalue weighted by atomic mass is 14.9. The summed E-state index contributed by atoms with van der Waals surface area (Å²) in [5.74, 6) is 1.67. The van der Waals surface area contributed by atoms with Crippen LogP contribution in [0.1, 0.15) is 72.1 Å². The molecule has 1 rings (SSSR count). The Bertz CT molecular complexity index is 232. The van der Waals surface area contributed by atoms with Crippen LogP contribution in [-0.2, 0) is 0 Å². The normalized spacial score (nSPS) is 24.1. The Kier molecular flexibility index (Phi) is 8.41. The van der Waals surface area contributed by atoms with Gasteiger partial charge in [-0.2, -0.15) is 0 Å². The van der Waals surface area contributed by atoms with Gasteiger partial charge in [0.1, 0.15) is 0 Å². The fourth-order valence-corrected chi connectivity index (χ4v) is 3.18. The lowest BCUT2D eigenvalue weighted by Gasteiger charge is -2.25. The van der Waals surface area contributed by atoms with E-state index in [1.165, 1.54) is 64.5 Å². The lowest BCUT2D eigenvalue weighted by Crippen LogP contribution is -2.26. The fourth-order valence-electron chi connectivity index (χ4n) is 3.18. The predicted molar refractivity (Wildman–Crippen MR) is 81.9 cm³/mol. The van der Waals surface area contributed by atoms with Crippen molar-refractivity contribution in [2.45, 2.75) is 72.1 Å². The standard InChI is InChI=1S/C17H33N/c1-4-5-6-7-8-9-10-18-14-17-12-15(2)11-16(3)13-17/h11,15,17-18H,4-10,12-14H2,1-3H3. The number of hydrogen-bond donors (Lipinski definition) is 1. The van der Waals surface area contributed by atoms with Crippen LogP contribution in [0.2, 0.25) is 0 Å². The van der Waals surface area contributed by atoms with Gasteiger partial charge in [0, 0.05) is 0 Å². The lowest BCUT2D eigenvalue weighted by atomic mass is 9.84. The maximum atomic E-state index is 3.66. The first-order valence-electron chi connectivity index (χ1n) is 8.10. The Balaban J connectivity index is 1.93. The van der Waals surface area contributed by atoms with Crippen LogP contribution in [0.3, 0.4) is 0 Å². The first kappa shape index (κ1) is 15.8. The Hall–Kier alpha value is -0.300. The third-order valence-corrected chi connectivity index (χ3v) is 4.02. The summed E-state index contributed by atoms with van der Waals surface area (Å²) in [4.78, 5) is 0. The molecule has 0 saturated carbocycles. The third kappa shape index (κ3) is 7.20. The molecule has 0 amide bonds. The number of nitrogens with one attached hydrogen (secondary N) is 1. The topological polar surface area (TPSA) is 12.0 Å². The molecule has 1 N–H and O–H groups in total. The molecule has 0 heterocycles. The van der Waals surface area contributed by atoms with Crippen LogP contribution in [0, 0.1) is 11.8 Å². The summed E-state index contributed by atoms with van der Waals surface area (Å²) in [7, 11) is 0. The van der Waals surface area contributed by atoms with Gasteiger partial charge in [0.2, 0.25) is 0 Å². The second kappa shape index (κ2) is 9.61. The molecule has 0 aromatic heterocycles. The summed E-state index contributed by atoms with van der Waals surface area (Å²) in [5.41, 5.74) is 1.60. The van der Waals surface area contributed by atoms with Gasteiger partial charge in [-0.1, -0.05) is 57.6 Å². The van der Waals surface area contributed by atoms with Crippen LogP contribution in [0.4, 0.5) is 0 Å². The second-order valence-corrected chi connectivity index (χ2v) is 6.27. The molecule has 0 aliphatic heterocycles. The molecule has 2 atom stereocenters. The Labute approximate surface area is 114 Å². The molecule has 0 aromatic carbocycles. The van der Waals surface area contributed by atoms with Gasteiger partial charge in [-0.25, -0.2) is 0 Å². The first-order valence-corrected chi connectivity index (χ1v) is 8.10. The van der Waals surface area contributed by atoms with Gasteiger partial charge >= 0.3 is 0 Å². The Morgan fingerprint density at radius 3 is 2.61 bits per heavy atom. The molecular weight excluding hydrogens is 218 g/mol. The van der Waals surface area contributed by atoms with Crippen molar-refractivity contribution in [2.75, 3.05) is 13.1 Å². The number of allylic oxidation sites excluding steroid dienone is 2. The molecule has 0 bridgehead atoms. The fraction of sp³-hybridized carbons (Fsp3) is 0.882. The second-order valence-electron chi connectivity index (χ2n) is 6.27. The van der Waals surface area contributed by atoms with Crippen LogP contribution in [0.25, 0.3) is 0 Å². The maximum absolute atomic E-state index is 3.66. The van der Waals surface area contributed by atoms with Crippen molar-refractivity contribution in [2.24, 2.45) is 11.8 Å². The van der Waals surface area contributed by atoms with E-state index in [0.29, 0.717) is 0 Å². The van der Waals surface area contributed by atoms with Gasteiger partial charge in [-0.05, 0) is 51.1 Å². The summed E-state index contributed by atoms with van der Waals surface area (Å²) in [6, 6.07) is 0. The Morgan fingerprint density at radius 2 is 1.89 bits per heavy atom. The van der Waals surface area contributed by atoms with E-state index in [-0.39, 0.29) is 0 Å². The van der Waals surface area contributed by atoms with Crippen LogP contribution in [0.5, 0.6) is 0 Å². The highest BCUT2D eigenvalue weighted by Crippen LogP contribution is 2.27. The number of rotatable bonds is 9. The van der Waals surface area contributed by atoms with Gasteiger partial charge in [0.15, 0.2) is 0 Å². The number of unbranched alkanes of at least 4 members (excludes halogenated alkanes) is 5. The molecule has 0 aromatic rings. The van der Waals surface area contributed by atoms with Crippen molar-refractivity contribution in [3.63, 3.8) is 0 Å². The zero-order valence-electron chi connectivity index (χ0n) is 12.8. The van der Waals surface area contributed by atoms with E-state index in [1.54, 1.807) is 5.57 Å². The van der Waals surface area contributed by atoms with E-state index >= 15 is 0 Å². The monoisotopic (exact) mass is 251 g/mol. The summed E-state index contributed by atoms with van der Waals surface area (Å²) in [6.07, 6.45) is 13.5. The minimum Gasteiger partial charge on any atom is -0.316 e. The molecule has 1 nitrogen and oxygen atoms in total. The summed E-state index contributed by atoms with van der Waals surface area (Å²) >= 11 is 0. The van der Waals surface area contributed by atoms with Crippen molar-refractivity contribution in [1.82, 2.24) is 5.32 Å². The predicted octanol–water partition coefficient (Wildman–Crippen LogP) is 4.93. The van der Waals surface area contributed by atoms with E-state index in [0.717, 1.165) is 11.8 Å². The number of hydrogen-bond acceptors (Lipinski definition) is 1. The van der Waals surface area contributed by atoms with E-state index < -0.39 is 0 Å². The van der Waals surface area contributed by atoms with Gasteiger partial charge in [-0.15, -0.1) is 0 Å². The van der Waals surface area contributed by atoms with Crippen molar-refractivity contribution in [1.29, 1.82) is 0 Å². The molecule has 106 valence electrons. The van der Waals surface area contributed by atoms with Crippen LogP contribution >= 0.6 is 0 Å². The van der Waals surface area contributed by atoms with Crippen molar-refractivity contribution in [3.05, 3.63) is 11.6 Å². The minimum absolute atomic E-state index is 0.791. The molecule has 0 fully saturated rings. The molecule has 1 heteroatoms. The van der Waals surface area contributed by atoms with Crippen LogP contribution in [0.15, 0.2) is 11.6 Å². The SMILES string of the molecule is CCCCCCCCNCC1CC(C)=CC(C)C1. The van der Waals surface area contributed by atoms with E-state index in [1.807, 2.05) is 0 Å². The molecule has 18 heavy (non-hydrogen) atoms. The van der Waals surface area contributed by atoms with E-state index in [9.17, 15) is 0 Å². The average Bonchev–Trinajstić information content (AvgIpc) is 2.31. The third-order valence-electron chi connectivity index (χ3n) is 4.02. The maximum Gasteiger partial charge on any atom is -0.00172 e.